The molecule has 0 aromatic heterocycles. The Morgan fingerprint density at radius 3 is 2.58 bits per heavy atom. The zero-order valence-corrected chi connectivity index (χ0v) is 14.2. The van der Waals surface area contributed by atoms with E-state index in [0.717, 1.165) is 11.1 Å². The number of carbonyl (C=O) groups is 1. The van der Waals surface area contributed by atoms with Gasteiger partial charge in [0.25, 0.3) is 11.6 Å². The highest BCUT2D eigenvalue weighted by molar-refractivity contribution is 5.99. The fraction of sp³-hybridized carbons (Fsp3) is 0.278. The predicted octanol–water partition coefficient (Wildman–Crippen LogP) is 2.44. The van der Waals surface area contributed by atoms with Crippen molar-refractivity contribution < 1.29 is 23.9 Å². The van der Waals surface area contributed by atoms with Gasteiger partial charge in [-0.3, -0.25) is 14.9 Å². The monoisotopic (exact) mass is 358 g/mol. The molecule has 26 heavy (non-hydrogen) atoms. The zero-order chi connectivity index (χ0) is 18.5. The number of nitrogens with one attached hydrogen (secondary N) is 1. The van der Waals surface area contributed by atoms with Crippen LogP contribution < -0.4 is 14.8 Å². The summed E-state index contributed by atoms with van der Waals surface area (Å²) >= 11 is 0. The molecule has 0 aliphatic carbocycles. The van der Waals surface area contributed by atoms with Crippen LogP contribution in [0.4, 0.5) is 5.69 Å². The van der Waals surface area contributed by atoms with E-state index in [4.69, 9.17) is 14.2 Å². The summed E-state index contributed by atoms with van der Waals surface area (Å²) in [7, 11) is 1.61. The molecule has 1 aliphatic heterocycles. The van der Waals surface area contributed by atoms with Gasteiger partial charge >= 0.3 is 0 Å². The van der Waals surface area contributed by atoms with Crippen molar-refractivity contribution in [2.45, 2.75) is 13.2 Å². The largest absolute Gasteiger partial charge is 0.486 e. The highest BCUT2D eigenvalue weighted by atomic mass is 16.6. The third-order valence-electron chi connectivity index (χ3n) is 3.86. The molecule has 2 aromatic rings. The topological polar surface area (TPSA) is 99.9 Å². The minimum atomic E-state index is -0.605. The van der Waals surface area contributed by atoms with Crippen molar-refractivity contribution in [3.8, 4) is 11.5 Å². The van der Waals surface area contributed by atoms with Crippen molar-refractivity contribution in [1.29, 1.82) is 0 Å². The second kappa shape index (κ2) is 7.83. The average molecular weight is 358 g/mol. The number of carbonyl (C=O) groups excluding carboxylic acids is 1. The summed E-state index contributed by atoms with van der Waals surface area (Å²) in [5.41, 5.74) is 1.46. The number of nitro benzene ring substituents is 1. The molecule has 0 fully saturated rings. The Morgan fingerprint density at radius 2 is 1.88 bits per heavy atom. The van der Waals surface area contributed by atoms with Gasteiger partial charge in [-0.1, -0.05) is 24.3 Å². The molecule has 136 valence electrons. The molecule has 0 bridgehead atoms. The Labute approximate surface area is 149 Å². The molecule has 0 radical (unpaired) electrons. The lowest BCUT2D eigenvalue weighted by Gasteiger charge is -2.18. The third-order valence-corrected chi connectivity index (χ3v) is 3.86. The number of nitro groups is 1. The maximum atomic E-state index is 12.5. The molecule has 3 rings (SSSR count). The molecule has 8 heteroatoms. The van der Waals surface area contributed by atoms with E-state index >= 15 is 0 Å². The van der Waals surface area contributed by atoms with E-state index in [9.17, 15) is 14.9 Å². The molecule has 1 aliphatic rings. The molecule has 2 aromatic carbocycles. The lowest BCUT2D eigenvalue weighted by Crippen LogP contribution is -2.24. The first-order valence-electron chi connectivity index (χ1n) is 8.01. The fourth-order valence-corrected chi connectivity index (χ4v) is 2.68. The number of amides is 1. The summed E-state index contributed by atoms with van der Waals surface area (Å²) in [4.78, 5) is 23.2. The van der Waals surface area contributed by atoms with Crippen molar-refractivity contribution >= 4 is 11.6 Å². The number of rotatable bonds is 6. The van der Waals surface area contributed by atoms with Gasteiger partial charge in [0.2, 0.25) is 0 Å². The van der Waals surface area contributed by atoms with E-state index in [-0.39, 0.29) is 23.5 Å². The van der Waals surface area contributed by atoms with Gasteiger partial charge in [0, 0.05) is 19.7 Å². The van der Waals surface area contributed by atoms with E-state index in [1.165, 1.54) is 12.1 Å². The summed E-state index contributed by atoms with van der Waals surface area (Å²) < 4.78 is 15.8. The zero-order valence-electron chi connectivity index (χ0n) is 14.2. The summed E-state index contributed by atoms with van der Waals surface area (Å²) in [5.74, 6) is 0.0478. The Kier molecular flexibility index (Phi) is 5.33. The van der Waals surface area contributed by atoms with Crippen molar-refractivity contribution in [1.82, 2.24) is 5.32 Å². The minimum absolute atomic E-state index is 0.0627. The number of hydrogen-bond acceptors (Lipinski definition) is 6. The van der Waals surface area contributed by atoms with Crippen LogP contribution in [0.1, 0.15) is 21.5 Å². The van der Waals surface area contributed by atoms with Gasteiger partial charge in [0.1, 0.15) is 18.8 Å². The van der Waals surface area contributed by atoms with E-state index in [1.54, 1.807) is 7.11 Å². The van der Waals surface area contributed by atoms with Crippen LogP contribution in [-0.2, 0) is 17.9 Å². The summed E-state index contributed by atoms with van der Waals surface area (Å²) in [6, 6.07) is 10.1. The molecule has 0 atom stereocenters. The van der Waals surface area contributed by atoms with Crippen LogP contribution in [0, 0.1) is 10.1 Å². The second-order valence-electron chi connectivity index (χ2n) is 5.71. The van der Waals surface area contributed by atoms with Gasteiger partial charge in [0.15, 0.2) is 11.5 Å². The minimum Gasteiger partial charge on any atom is -0.486 e. The smallest absolute Gasteiger partial charge is 0.286 e. The van der Waals surface area contributed by atoms with Crippen LogP contribution >= 0.6 is 0 Å². The number of hydrogen-bond donors (Lipinski definition) is 1. The summed E-state index contributed by atoms with van der Waals surface area (Å²) in [6.45, 7) is 1.35. The van der Waals surface area contributed by atoms with E-state index < -0.39 is 10.8 Å². The molecule has 8 nitrogen and oxygen atoms in total. The Morgan fingerprint density at radius 1 is 1.19 bits per heavy atom. The molecule has 1 N–H and O–H groups in total. The molecular formula is C18H18N2O6. The molecule has 0 saturated carbocycles. The van der Waals surface area contributed by atoms with Gasteiger partial charge in [-0.25, -0.2) is 0 Å². The number of ether oxygens (including phenoxy) is 3. The SMILES string of the molecule is COCc1cccc(CNC(=O)c2cc3c(cc2[N+](=O)[O-])OCCO3)c1. The first-order chi connectivity index (χ1) is 12.6. The molecule has 0 unspecified atom stereocenters. The Bertz CT molecular complexity index is 836. The van der Waals surface area contributed by atoms with E-state index in [1.807, 2.05) is 24.3 Å². The Hall–Kier alpha value is -3.13. The van der Waals surface area contributed by atoms with Crippen LogP contribution in [0.15, 0.2) is 36.4 Å². The molecule has 0 saturated heterocycles. The molecule has 1 amide bonds. The quantitative estimate of drug-likeness (QED) is 0.629. The van der Waals surface area contributed by atoms with Crippen LogP contribution in [0.3, 0.4) is 0 Å². The maximum Gasteiger partial charge on any atom is 0.286 e. The van der Waals surface area contributed by atoms with Crippen molar-refractivity contribution in [3.05, 3.63) is 63.2 Å². The summed E-state index contributed by atoms with van der Waals surface area (Å²) in [5, 5.41) is 14.0. The summed E-state index contributed by atoms with van der Waals surface area (Å²) in [6.07, 6.45) is 0. The van der Waals surface area contributed by atoms with Crippen molar-refractivity contribution in [2.75, 3.05) is 20.3 Å². The second-order valence-corrected chi connectivity index (χ2v) is 5.71. The number of fused-ring (bicyclic) bond motifs is 1. The number of benzene rings is 2. The van der Waals surface area contributed by atoms with E-state index in [0.29, 0.717) is 25.6 Å². The van der Waals surface area contributed by atoms with Gasteiger partial charge in [-0.05, 0) is 11.1 Å². The normalized spacial score (nSPS) is 12.5. The van der Waals surface area contributed by atoms with Gasteiger partial charge < -0.3 is 19.5 Å². The van der Waals surface area contributed by atoms with E-state index in [2.05, 4.69) is 5.32 Å². The lowest BCUT2D eigenvalue weighted by atomic mass is 10.1. The standard InChI is InChI=1S/C18H18N2O6/c1-24-11-13-4-2-3-12(7-13)10-19-18(21)14-8-16-17(26-6-5-25-16)9-15(14)20(22)23/h2-4,7-9H,5-6,10-11H2,1H3,(H,19,21). The first-order valence-corrected chi connectivity index (χ1v) is 8.01. The predicted molar refractivity (Wildman–Crippen MR) is 92.4 cm³/mol. The van der Waals surface area contributed by atoms with Crippen LogP contribution in [0.25, 0.3) is 0 Å². The number of nitrogens with zero attached hydrogens (tertiary/aromatic N) is 1. The van der Waals surface area contributed by atoms with Gasteiger partial charge in [-0.15, -0.1) is 0 Å². The lowest BCUT2D eigenvalue weighted by molar-refractivity contribution is -0.385. The van der Waals surface area contributed by atoms with Gasteiger partial charge in [-0.2, -0.15) is 0 Å². The highest BCUT2D eigenvalue weighted by Crippen LogP contribution is 2.36. The van der Waals surface area contributed by atoms with Crippen LogP contribution in [0.5, 0.6) is 11.5 Å². The Balaban J connectivity index is 1.79. The van der Waals surface area contributed by atoms with Gasteiger partial charge in [0.05, 0.1) is 17.6 Å². The highest BCUT2D eigenvalue weighted by Gasteiger charge is 2.26. The number of methoxy groups -OCH3 is 1. The van der Waals surface area contributed by atoms with Crippen molar-refractivity contribution in [2.24, 2.45) is 0 Å². The maximum absolute atomic E-state index is 12.5. The molecule has 0 spiro atoms. The third kappa shape index (κ3) is 3.92. The van der Waals surface area contributed by atoms with Crippen LogP contribution in [0.2, 0.25) is 0 Å². The molecular weight excluding hydrogens is 340 g/mol. The van der Waals surface area contributed by atoms with Crippen molar-refractivity contribution in [3.63, 3.8) is 0 Å². The fourth-order valence-electron chi connectivity index (χ4n) is 2.68. The first kappa shape index (κ1) is 17.7. The molecule has 1 heterocycles. The average Bonchev–Trinajstić information content (AvgIpc) is 2.65. The van der Waals surface area contributed by atoms with Crippen LogP contribution in [-0.4, -0.2) is 31.2 Å².